The number of halogens is 3. The molecule has 0 spiro atoms. The highest BCUT2D eigenvalue weighted by molar-refractivity contribution is 6.36. The number of ether oxygens (including phenoxy) is 1. The zero-order chi connectivity index (χ0) is 36.7. The van der Waals surface area contributed by atoms with Crippen molar-refractivity contribution in [1.82, 2.24) is 30.4 Å². The third-order valence-electron chi connectivity index (χ3n) is 8.93. The number of anilines is 2. The average molecular weight is 718 g/mol. The van der Waals surface area contributed by atoms with Crippen molar-refractivity contribution in [2.75, 3.05) is 33.1 Å². The van der Waals surface area contributed by atoms with Gasteiger partial charge in [-0.05, 0) is 87.5 Å². The number of alkyl halides is 2. The van der Waals surface area contributed by atoms with Crippen LogP contribution in [0.5, 0.6) is 5.88 Å². The molecule has 3 aromatic heterocycles. The summed E-state index contributed by atoms with van der Waals surface area (Å²) in [6, 6.07) is 14.6. The topological polar surface area (TPSA) is 123 Å². The van der Waals surface area contributed by atoms with Crippen LogP contribution in [0.25, 0.3) is 33.2 Å². The van der Waals surface area contributed by atoms with Crippen LogP contribution in [0.3, 0.4) is 0 Å². The minimum atomic E-state index is -2.82. The highest BCUT2D eigenvalue weighted by atomic mass is 35.5. The van der Waals surface area contributed by atoms with E-state index in [0.717, 1.165) is 76.8 Å². The predicted octanol–water partition coefficient (Wildman–Crippen LogP) is 7.32. The second-order valence-electron chi connectivity index (χ2n) is 12.2. The number of unbranched alkanes of at least 4 members (excludes halogenated alkanes) is 1. The fraction of sp³-hybridized carbons (Fsp3) is 0.342. The van der Waals surface area contributed by atoms with Crippen LogP contribution in [0.15, 0.2) is 59.5 Å². The fourth-order valence-electron chi connectivity index (χ4n) is 6.17. The minimum Gasteiger partial charge on any atom is -0.481 e. The molecular formula is C38H42ClF2N7O3. The van der Waals surface area contributed by atoms with Gasteiger partial charge in [-0.1, -0.05) is 41.9 Å². The molecule has 13 heteroatoms. The quantitative estimate of drug-likeness (QED) is 0.122. The van der Waals surface area contributed by atoms with E-state index in [2.05, 4.69) is 32.1 Å². The molecule has 6 rings (SSSR count). The first-order valence-corrected chi connectivity index (χ1v) is 17.2. The molecule has 0 unspecified atom stereocenters. The van der Waals surface area contributed by atoms with Crippen molar-refractivity contribution < 1.29 is 18.3 Å². The number of carbonyl (C=O) groups is 1. The van der Waals surface area contributed by atoms with Gasteiger partial charge in [0.05, 0.1) is 29.4 Å². The summed E-state index contributed by atoms with van der Waals surface area (Å²) in [5.41, 5.74) is 6.02. The van der Waals surface area contributed by atoms with E-state index in [1.807, 2.05) is 44.3 Å². The van der Waals surface area contributed by atoms with Gasteiger partial charge in [0.2, 0.25) is 11.8 Å². The number of nitrogens with zero attached hydrogens (tertiary/aromatic N) is 4. The van der Waals surface area contributed by atoms with Crippen LogP contribution >= 0.6 is 11.6 Å². The Kier molecular flexibility index (Phi) is 12.3. The molecule has 1 aliphatic rings. The van der Waals surface area contributed by atoms with E-state index in [9.17, 15) is 18.4 Å². The maximum Gasteiger partial charge on any atom is 0.280 e. The average Bonchev–Trinajstić information content (AvgIpc) is 3.61. The monoisotopic (exact) mass is 717 g/mol. The molecule has 3 N–H and O–H groups in total. The number of rotatable bonds is 11. The van der Waals surface area contributed by atoms with Crippen LogP contribution in [0.4, 0.5) is 20.3 Å². The van der Waals surface area contributed by atoms with Crippen molar-refractivity contribution in [1.29, 1.82) is 0 Å². The van der Waals surface area contributed by atoms with Gasteiger partial charge in [-0.3, -0.25) is 9.59 Å². The van der Waals surface area contributed by atoms with E-state index in [0.29, 0.717) is 23.0 Å². The summed E-state index contributed by atoms with van der Waals surface area (Å²) in [5.74, 6) is 0.803. The van der Waals surface area contributed by atoms with Crippen LogP contribution in [-0.2, 0) is 24.7 Å². The minimum absolute atomic E-state index is 0.0373. The molecule has 1 amide bonds. The lowest BCUT2D eigenvalue weighted by Crippen LogP contribution is -2.20. The van der Waals surface area contributed by atoms with E-state index in [-0.39, 0.29) is 22.5 Å². The molecule has 0 fully saturated rings. The van der Waals surface area contributed by atoms with Gasteiger partial charge in [0.25, 0.3) is 12.0 Å². The Morgan fingerprint density at radius 1 is 1.04 bits per heavy atom. The maximum absolute atomic E-state index is 13.7. The molecule has 0 radical (unpaired) electrons. The first-order valence-electron chi connectivity index (χ1n) is 16.8. The number of hydrogen-bond donors (Lipinski definition) is 3. The van der Waals surface area contributed by atoms with Crippen molar-refractivity contribution >= 4 is 39.8 Å². The second-order valence-corrected chi connectivity index (χ2v) is 12.6. The Labute approximate surface area is 300 Å². The number of aromatic nitrogens is 4. The van der Waals surface area contributed by atoms with Gasteiger partial charge < -0.3 is 20.7 Å². The Morgan fingerprint density at radius 2 is 1.78 bits per heavy atom. The third kappa shape index (κ3) is 8.34. The Hall–Kier alpha value is -4.94. The number of benzene rings is 2. The first kappa shape index (κ1) is 37.3. The summed E-state index contributed by atoms with van der Waals surface area (Å²) >= 11 is 7.03. The molecule has 5 aromatic rings. The maximum atomic E-state index is 13.7. The van der Waals surface area contributed by atoms with Gasteiger partial charge >= 0.3 is 0 Å². The van der Waals surface area contributed by atoms with E-state index < -0.39 is 17.7 Å². The zero-order valence-electron chi connectivity index (χ0n) is 29.4. The summed E-state index contributed by atoms with van der Waals surface area (Å²) in [7, 11) is 6.71. The van der Waals surface area contributed by atoms with E-state index in [4.69, 9.17) is 21.3 Å². The van der Waals surface area contributed by atoms with Crippen molar-refractivity contribution in [2.45, 2.75) is 51.9 Å². The lowest BCUT2D eigenvalue weighted by Gasteiger charge is -2.17. The van der Waals surface area contributed by atoms with Crippen LogP contribution in [0.2, 0.25) is 5.02 Å². The largest absolute Gasteiger partial charge is 0.481 e. The first-order chi connectivity index (χ1) is 24.6. The van der Waals surface area contributed by atoms with E-state index in [1.54, 1.807) is 20.2 Å². The summed E-state index contributed by atoms with van der Waals surface area (Å²) in [6.07, 6.45) is 4.25. The molecule has 10 nitrogen and oxygen atoms in total. The van der Waals surface area contributed by atoms with E-state index in [1.165, 1.54) is 24.9 Å². The van der Waals surface area contributed by atoms with Crippen LogP contribution < -0.4 is 26.2 Å². The molecule has 0 aliphatic heterocycles. The van der Waals surface area contributed by atoms with Crippen LogP contribution in [0.1, 0.15) is 54.5 Å². The van der Waals surface area contributed by atoms with Gasteiger partial charge in [0.1, 0.15) is 11.5 Å². The molecule has 0 saturated carbocycles. The molecule has 0 bridgehead atoms. The third-order valence-corrected chi connectivity index (χ3v) is 9.33. The van der Waals surface area contributed by atoms with Gasteiger partial charge in [-0.25, -0.2) is 23.4 Å². The number of pyridine rings is 2. The molecule has 268 valence electrons. The summed E-state index contributed by atoms with van der Waals surface area (Å²) in [5, 5.41) is 13.7. The van der Waals surface area contributed by atoms with Crippen molar-refractivity contribution in [3.05, 3.63) is 92.5 Å². The number of carbonyl (C=O) groups excluding carboxylic acids is 1. The standard InChI is InChI=1S/C31H26ClF2N5O2.C7H16N2O/c1-16-19(21-10-5-11-22(27(21)32)24-13-17-7-4-9-20(17)30(38-24)41-3)8-6-12-23(16)36-29-26-18(14-25(37-29)28(33)34)15-35-39(2)31(26)40;1-8-6-4-3-5-7(10)9-2/h5-6,8,10-15,28H,4,7,9H2,1-3H3,(H,36,37);8H,3-6H2,1-2H3,(H,9,10). The number of aryl methyl sites for hydroxylation is 2. The lowest BCUT2D eigenvalue weighted by atomic mass is 9.96. The smallest absolute Gasteiger partial charge is 0.280 e. The van der Waals surface area contributed by atoms with Gasteiger partial charge in [0, 0.05) is 48.3 Å². The molecule has 1 aliphatic carbocycles. The Morgan fingerprint density at radius 3 is 2.51 bits per heavy atom. The number of methoxy groups -OCH3 is 1. The molecule has 0 saturated heterocycles. The SMILES string of the molecule is CNCCCCC(=O)NC.COc1nc(-c2cccc(-c3cccc(Nc4nc(C(F)F)cc5cnn(C)c(=O)c45)c3C)c2Cl)cc2c1CCC2. The highest BCUT2D eigenvalue weighted by Crippen LogP contribution is 2.41. The molecule has 0 atom stereocenters. The van der Waals surface area contributed by atoms with E-state index >= 15 is 0 Å². The second kappa shape index (κ2) is 16.8. The van der Waals surface area contributed by atoms with Crippen molar-refractivity contribution in [3.63, 3.8) is 0 Å². The molecule has 2 aromatic carbocycles. The zero-order valence-corrected chi connectivity index (χ0v) is 30.1. The van der Waals surface area contributed by atoms with Crippen LogP contribution in [-0.4, -0.2) is 53.4 Å². The van der Waals surface area contributed by atoms with Crippen molar-refractivity contribution in [2.24, 2.45) is 7.05 Å². The lowest BCUT2D eigenvalue weighted by molar-refractivity contribution is -0.120. The van der Waals surface area contributed by atoms with Crippen LogP contribution in [0, 0.1) is 6.92 Å². The molecule has 51 heavy (non-hydrogen) atoms. The number of nitrogens with one attached hydrogen (secondary N) is 3. The van der Waals surface area contributed by atoms with Gasteiger partial charge in [-0.2, -0.15) is 5.10 Å². The molecule has 3 heterocycles. The van der Waals surface area contributed by atoms with Crippen molar-refractivity contribution in [3.8, 4) is 28.3 Å². The summed E-state index contributed by atoms with van der Waals surface area (Å²) < 4.78 is 34.1. The number of hydrogen-bond acceptors (Lipinski definition) is 8. The molecular weight excluding hydrogens is 676 g/mol. The summed E-state index contributed by atoms with van der Waals surface area (Å²) in [4.78, 5) is 32.4. The number of amides is 1. The number of fused-ring (bicyclic) bond motifs is 2. The normalized spacial score (nSPS) is 12.0. The van der Waals surface area contributed by atoms with Gasteiger partial charge in [-0.15, -0.1) is 0 Å². The Bertz CT molecular complexity index is 2110. The summed E-state index contributed by atoms with van der Waals surface area (Å²) in [6.45, 7) is 2.90. The van der Waals surface area contributed by atoms with Gasteiger partial charge in [0.15, 0.2) is 0 Å². The highest BCUT2D eigenvalue weighted by Gasteiger charge is 2.22. The Balaban J connectivity index is 0.000000442. The fourth-order valence-corrected chi connectivity index (χ4v) is 6.49. The predicted molar refractivity (Wildman–Crippen MR) is 198 cm³/mol.